The maximum atomic E-state index is 11.2. The normalized spacial score (nSPS) is 10.2. The Kier molecular flexibility index (Phi) is 3.93. The molecule has 2 aromatic rings. The van der Waals surface area contributed by atoms with E-state index in [4.69, 9.17) is 5.84 Å². The maximum Gasteiger partial charge on any atom is 0.316 e. The number of para-hydroxylation sites is 1. The van der Waals surface area contributed by atoms with Gasteiger partial charge in [-0.15, -0.1) is 11.3 Å². The lowest BCUT2D eigenvalue weighted by Gasteiger charge is -2.19. The second-order valence-electron chi connectivity index (χ2n) is 3.91. The fourth-order valence-corrected chi connectivity index (χ4v) is 2.34. The number of nitrogens with two attached hydrogens (primary N) is 1. The highest BCUT2D eigenvalue weighted by Gasteiger charge is 2.22. The first-order valence-electron chi connectivity index (χ1n) is 5.45. The Balaban J connectivity index is 2.35. The SMILES string of the molecule is CN(Cc1cscn1)c1cccc(NN)c1[N+](=O)[O-]. The van der Waals surface area contributed by atoms with Crippen LogP contribution in [0.15, 0.2) is 29.1 Å². The number of hydrogen-bond acceptors (Lipinski definition) is 7. The highest BCUT2D eigenvalue weighted by Crippen LogP contribution is 2.34. The number of nitro benzene ring substituents is 1. The van der Waals surface area contributed by atoms with E-state index in [1.165, 1.54) is 11.3 Å². The van der Waals surface area contributed by atoms with Crippen molar-refractivity contribution >= 4 is 28.4 Å². The van der Waals surface area contributed by atoms with E-state index < -0.39 is 4.92 Å². The van der Waals surface area contributed by atoms with Gasteiger partial charge in [0.1, 0.15) is 11.4 Å². The Labute approximate surface area is 113 Å². The van der Waals surface area contributed by atoms with Gasteiger partial charge in [0.25, 0.3) is 0 Å². The van der Waals surface area contributed by atoms with E-state index in [-0.39, 0.29) is 11.4 Å². The molecule has 7 nitrogen and oxygen atoms in total. The van der Waals surface area contributed by atoms with Crippen molar-refractivity contribution in [1.29, 1.82) is 0 Å². The molecule has 0 bridgehead atoms. The highest BCUT2D eigenvalue weighted by atomic mass is 32.1. The van der Waals surface area contributed by atoms with Crippen molar-refractivity contribution in [3.8, 4) is 0 Å². The summed E-state index contributed by atoms with van der Waals surface area (Å²) in [6.07, 6.45) is 0. The number of benzene rings is 1. The molecule has 0 radical (unpaired) electrons. The molecule has 3 N–H and O–H groups in total. The molecular weight excluding hydrogens is 266 g/mol. The van der Waals surface area contributed by atoms with Crippen LogP contribution in [-0.2, 0) is 6.54 Å². The van der Waals surface area contributed by atoms with Crippen molar-refractivity contribution in [2.24, 2.45) is 5.84 Å². The summed E-state index contributed by atoms with van der Waals surface area (Å²) >= 11 is 1.49. The number of aromatic nitrogens is 1. The van der Waals surface area contributed by atoms with Gasteiger partial charge in [0.2, 0.25) is 0 Å². The van der Waals surface area contributed by atoms with Crippen molar-refractivity contribution in [1.82, 2.24) is 4.98 Å². The Bertz CT molecular complexity index is 572. The third-order valence-electron chi connectivity index (χ3n) is 2.65. The Morgan fingerprint density at radius 3 is 2.95 bits per heavy atom. The number of nitrogens with zero attached hydrogens (tertiary/aromatic N) is 3. The Hall–Kier alpha value is -2.19. The fraction of sp³-hybridized carbons (Fsp3) is 0.182. The maximum absolute atomic E-state index is 11.2. The summed E-state index contributed by atoms with van der Waals surface area (Å²) in [5.41, 5.74) is 5.69. The van der Waals surface area contributed by atoms with Gasteiger partial charge in [-0.2, -0.15) is 0 Å². The van der Waals surface area contributed by atoms with Crippen molar-refractivity contribution in [3.05, 3.63) is 44.9 Å². The van der Waals surface area contributed by atoms with E-state index in [1.807, 2.05) is 5.38 Å². The van der Waals surface area contributed by atoms with Crippen LogP contribution in [0.1, 0.15) is 5.69 Å². The molecule has 1 heterocycles. The molecule has 0 aliphatic rings. The van der Waals surface area contributed by atoms with E-state index in [9.17, 15) is 10.1 Å². The largest absolute Gasteiger partial charge is 0.363 e. The molecule has 8 heteroatoms. The molecule has 0 amide bonds. The van der Waals surface area contributed by atoms with Gasteiger partial charge in [-0.25, -0.2) is 4.98 Å². The lowest BCUT2D eigenvalue weighted by molar-refractivity contribution is -0.383. The van der Waals surface area contributed by atoms with Gasteiger partial charge in [-0.05, 0) is 12.1 Å². The molecule has 0 saturated heterocycles. The van der Waals surface area contributed by atoms with Crippen LogP contribution in [-0.4, -0.2) is 17.0 Å². The molecule has 1 aromatic heterocycles. The van der Waals surface area contributed by atoms with Crippen LogP contribution < -0.4 is 16.2 Å². The molecule has 0 unspecified atom stereocenters. The molecule has 0 atom stereocenters. The minimum atomic E-state index is -0.442. The number of thiazole rings is 1. The summed E-state index contributed by atoms with van der Waals surface area (Å²) in [5.74, 6) is 5.31. The summed E-state index contributed by atoms with van der Waals surface area (Å²) < 4.78 is 0. The van der Waals surface area contributed by atoms with Crippen LogP contribution >= 0.6 is 11.3 Å². The average molecular weight is 279 g/mol. The molecule has 0 aliphatic carbocycles. The van der Waals surface area contributed by atoms with Gasteiger partial charge < -0.3 is 10.3 Å². The van der Waals surface area contributed by atoms with E-state index in [0.29, 0.717) is 12.2 Å². The van der Waals surface area contributed by atoms with Crippen LogP contribution in [0.2, 0.25) is 0 Å². The van der Waals surface area contributed by atoms with Crippen LogP contribution in [0, 0.1) is 10.1 Å². The van der Waals surface area contributed by atoms with Crippen LogP contribution in [0.4, 0.5) is 17.1 Å². The number of anilines is 2. The number of nitrogen functional groups attached to an aromatic ring is 1. The number of nitrogens with one attached hydrogen (secondary N) is 1. The first-order valence-corrected chi connectivity index (χ1v) is 6.40. The van der Waals surface area contributed by atoms with E-state index in [2.05, 4.69) is 10.4 Å². The van der Waals surface area contributed by atoms with Crippen LogP contribution in [0.3, 0.4) is 0 Å². The number of nitro groups is 1. The lowest BCUT2D eigenvalue weighted by atomic mass is 10.2. The average Bonchev–Trinajstić information content (AvgIpc) is 2.90. The zero-order valence-electron chi connectivity index (χ0n) is 10.2. The summed E-state index contributed by atoms with van der Waals surface area (Å²) in [6.45, 7) is 0.498. The highest BCUT2D eigenvalue weighted by molar-refractivity contribution is 7.07. The molecule has 100 valence electrons. The summed E-state index contributed by atoms with van der Waals surface area (Å²) in [6, 6.07) is 4.97. The molecule has 0 saturated carbocycles. The molecule has 0 spiro atoms. The van der Waals surface area contributed by atoms with Crippen LogP contribution in [0.5, 0.6) is 0 Å². The van der Waals surface area contributed by atoms with Gasteiger partial charge in [0, 0.05) is 12.4 Å². The quantitative estimate of drug-likeness (QED) is 0.493. The van der Waals surface area contributed by atoms with Crippen molar-refractivity contribution in [2.45, 2.75) is 6.54 Å². The Morgan fingerprint density at radius 1 is 1.58 bits per heavy atom. The van der Waals surface area contributed by atoms with Gasteiger partial charge in [0.05, 0.1) is 22.7 Å². The van der Waals surface area contributed by atoms with Crippen molar-refractivity contribution in [3.63, 3.8) is 0 Å². The predicted molar refractivity (Wildman–Crippen MR) is 75.1 cm³/mol. The molecule has 1 aromatic carbocycles. The van der Waals surface area contributed by atoms with Crippen molar-refractivity contribution in [2.75, 3.05) is 17.4 Å². The zero-order chi connectivity index (χ0) is 13.8. The zero-order valence-corrected chi connectivity index (χ0v) is 11.1. The van der Waals surface area contributed by atoms with Gasteiger partial charge in [-0.1, -0.05) is 6.07 Å². The summed E-state index contributed by atoms with van der Waals surface area (Å²) in [7, 11) is 1.78. The third kappa shape index (κ3) is 2.80. The minimum Gasteiger partial charge on any atom is -0.363 e. The molecule has 0 aliphatic heterocycles. The molecular formula is C11H13N5O2S. The molecule has 0 fully saturated rings. The van der Waals surface area contributed by atoms with Crippen LogP contribution in [0.25, 0.3) is 0 Å². The monoisotopic (exact) mass is 279 g/mol. The van der Waals surface area contributed by atoms with Gasteiger partial charge in [-0.3, -0.25) is 16.0 Å². The first-order chi connectivity index (χ1) is 9.13. The third-order valence-corrected chi connectivity index (χ3v) is 3.28. The topological polar surface area (TPSA) is 97.3 Å². The Morgan fingerprint density at radius 2 is 2.37 bits per heavy atom. The molecule has 19 heavy (non-hydrogen) atoms. The lowest BCUT2D eigenvalue weighted by Crippen LogP contribution is -2.19. The van der Waals surface area contributed by atoms with E-state index in [1.54, 1.807) is 35.7 Å². The summed E-state index contributed by atoms with van der Waals surface area (Å²) in [4.78, 5) is 16.7. The second kappa shape index (κ2) is 5.63. The number of rotatable bonds is 5. The number of hydrogen-bond donors (Lipinski definition) is 2. The summed E-state index contributed by atoms with van der Waals surface area (Å²) in [5, 5.41) is 13.1. The smallest absolute Gasteiger partial charge is 0.316 e. The van der Waals surface area contributed by atoms with E-state index in [0.717, 1.165) is 5.69 Å². The van der Waals surface area contributed by atoms with Gasteiger partial charge >= 0.3 is 5.69 Å². The minimum absolute atomic E-state index is 0.0391. The predicted octanol–water partition coefficient (Wildman–Crippen LogP) is 1.97. The van der Waals surface area contributed by atoms with Crippen molar-refractivity contribution < 1.29 is 4.92 Å². The molecule has 2 rings (SSSR count). The fourth-order valence-electron chi connectivity index (χ4n) is 1.79. The second-order valence-corrected chi connectivity index (χ2v) is 4.63. The standard InChI is InChI=1S/C11H13N5O2S/c1-15(5-8-6-19-7-13-8)10-4-2-3-9(14-12)11(10)16(17)18/h2-4,6-7,14H,5,12H2,1H3. The van der Waals surface area contributed by atoms with E-state index >= 15 is 0 Å². The first kappa shape index (κ1) is 13.2. The van der Waals surface area contributed by atoms with Gasteiger partial charge in [0.15, 0.2) is 0 Å². The number of hydrazine groups is 1.